The summed E-state index contributed by atoms with van der Waals surface area (Å²) >= 11 is 8.88. The standard InChI is InChI=1S/C12H10BrClN2O4S/c13-10-4-8(3-9(11(10)14)12(17)18)21(19,20)16-6-7-1-2-15-5-7/h1-5,15-16H,6H2,(H,17,18). The van der Waals surface area contributed by atoms with Gasteiger partial charge in [-0.15, -0.1) is 0 Å². The number of hydrogen-bond acceptors (Lipinski definition) is 3. The molecule has 0 aliphatic rings. The molecule has 0 atom stereocenters. The van der Waals surface area contributed by atoms with Crippen LogP contribution in [0.1, 0.15) is 15.9 Å². The largest absolute Gasteiger partial charge is 0.478 e. The molecule has 1 heterocycles. The molecule has 3 N–H and O–H groups in total. The first kappa shape index (κ1) is 16.0. The third-order valence-corrected chi connectivity index (χ3v) is 5.31. The first-order chi connectivity index (χ1) is 9.81. The summed E-state index contributed by atoms with van der Waals surface area (Å²) in [5, 5.41) is 8.99. The molecule has 1 aromatic carbocycles. The maximum atomic E-state index is 12.2. The molecule has 112 valence electrons. The molecular weight excluding hydrogens is 384 g/mol. The molecule has 0 saturated heterocycles. The van der Waals surface area contributed by atoms with Gasteiger partial charge in [0.05, 0.1) is 15.5 Å². The smallest absolute Gasteiger partial charge is 0.337 e. The Morgan fingerprint density at radius 1 is 1.43 bits per heavy atom. The van der Waals surface area contributed by atoms with E-state index in [0.29, 0.717) is 0 Å². The van der Waals surface area contributed by atoms with Gasteiger partial charge in [-0.25, -0.2) is 17.9 Å². The van der Waals surface area contributed by atoms with Crippen LogP contribution in [0.25, 0.3) is 0 Å². The van der Waals surface area contributed by atoms with E-state index in [1.165, 1.54) is 6.07 Å². The minimum absolute atomic E-state index is 0.0490. The number of aromatic carboxylic acids is 1. The summed E-state index contributed by atoms with van der Waals surface area (Å²) < 4.78 is 27.0. The van der Waals surface area contributed by atoms with Crippen molar-refractivity contribution in [2.45, 2.75) is 11.4 Å². The summed E-state index contributed by atoms with van der Waals surface area (Å²) in [6, 6.07) is 4.01. The van der Waals surface area contributed by atoms with Crippen molar-refractivity contribution in [3.8, 4) is 0 Å². The topological polar surface area (TPSA) is 99.3 Å². The molecule has 0 fully saturated rings. The van der Waals surface area contributed by atoms with Crippen LogP contribution in [0.3, 0.4) is 0 Å². The molecule has 0 amide bonds. The quantitative estimate of drug-likeness (QED) is 0.727. The highest BCUT2D eigenvalue weighted by Crippen LogP contribution is 2.29. The lowest BCUT2D eigenvalue weighted by atomic mass is 10.2. The van der Waals surface area contributed by atoms with Gasteiger partial charge in [0.2, 0.25) is 10.0 Å². The number of carbonyl (C=O) groups is 1. The zero-order valence-electron chi connectivity index (χ0n) is 10.4. The Morgan fingerprint density at radius 2 is 2.14 bits per heavy atom. The summed E-state index contributed by atoms with van der Waals surface area (Å²) in [5.74, 6) is -1.30. The van der Waals surface area contributed by atoms with Crippen LogP contribution in [0.5, 0.6) is 0 Å². The molecule has 0 radical (unpaired) electrons. The van der Waals surface area contributed by atoms with Gasteiger partial charge in [-0.05, 0) is 39.7 Å². The summed E-state index contributed by atoms with van der Waals surface area (Å²) in [5.41, 5.74) is 0.470. The Labute approximate surface area is 134 Å². The Morgan fingerprint density at radius 3 is 2.71 bits per heavy atom. The molecule has 6 nitrogen and oxygen atoms in total. The van der Waals surface area contributed by atoms with E-state index >= 15 is 0 Å². The van der Waals surface area contributed by atoms with Crippen molar-refractivity contribution in [2.24, 2.45) is 0 Å². The van der Waals surface area contributed by atoms with Gasteiger partial charge in [0.1, 0.15) is 0 Å². The van der Waals surface area contributed by atoms with Crippen molar-refractivity contribution in [1.29, 1.82) is 0 Å². The van der Waals surface area contributed by atoms with Crippen LogP contribution in [0.4, 0.5) is 0 Å². The lowest BCUT2D eigenvalue weighted by molar-refractivity contribution is 0.0696. The zero-order valence-corrected chi connectivity index (χ0v) is 13.6. The van der Waals surface area contributed by atoms with E-state index in [4.69, 9.17) is 16.7 Å². The number of nitrogens with one attached hydrogen (secondary N) is 2. The van der Waals surface area contributed by atoms with Crippen LogP contribution in [0.15, 0.2) is 40.0 Å². The third-order valence-electron chi connectivity index (χ3n) is 2.67. The molecule has 0 unspecified atom stereocenters. The molecule has 0 spiro atoms. The van der Waals surface area contributed by atoms with Gasteiger partial charge < -0.3 is 10.1 Å². The molecule has 0 aliphatic heterocycles. The van der Waals surface area contributed by atoms with Crippen molar-refractivity contribution < 1.29 is 18.3 Å². The lowest BCUT2D eigenvalue weighted by Gasteiger charge is -2.09. The molecular formula is C12H10BrClN2O4S. The SMILES string of the molecule is O=C(O)c1cc(S(=O)(=O)NCc2cc[nH]c2)cc(Br)c1Cl. The third kappa shape index (κ3) is 3.65. The minimum Gasteiger partial charge on any atom is -0.478 e. The normalized spacial score (nSPS) is 11.5. The first-order valence-electron chi connectivity index (χ1n) is 5.65. The van der Waals surface area contributed by atoms with Gasteiger partial charge in [-0.2, -0.15) is 0 Å². The van der Waals surface area contributed by atoms with E-state index in [0.717, 1.165) is 11.6 Å². The second kappa shape index (κ2) is 6.18. The Balaban J connectivity index is 2.33. The highest BCUT2D eigenvalue weighted by atomic mass is 79.9. The van der Waals surface area contributed by atoms with Gasteiger partial charge in [0.25, 0.3) is 0 Å². The first-order valence-corrected chi connectivity index (χ1v) is 8.30. The van der Waals surface area contributed by atoms with Gasteiger partial charge in [0, 0.05) is 23.4 Å². The summed E-state index contributed by atoms with van der Waals surface area (Å²) in [6.45, 7) is 0.0917. The summed E-state index contributed by atoms with van der Waals surface area (Å²) in [4.78, 5) is 13.7. The number of carboxylic acid groups (broad SMARTS) is 1. The molecule has 0 saturated carbocycles. The molecule has 2 rings (SSSR count). The molecule has 0 bridgehead atoms. The van der Waals surface area contributed by atoms with Crippen LogP contribution in [-0.2, 0) is 16.6 Å². The fourth-order valence-corrected chi connectivity index (χ4v) is 3.48. The van der Waals surface area contributed by atoms with E-state index in [1.807, 2.05) is 0 Å². The number of aromatic nitrogens is 1. The van der Waals surface area contributed by atoms with Crippen molar-refractivity contribution in [1.82, 2.24) is 9.71 Å². The number of aromatic amines is 1. The van der Waals surface area contributed by atoms with Crippen LogP contribution >= 0.6 is 27.5 Å². The van der Waals surface area contributed by atoms with Gasteiger partial charge in [0.15, 0.2) is 0 Å². The highest BCUT2D eigenvalue weighted by molar-refractivity contribution is 9.10. The molecule has 2 aromatic rings. The number of halogens is 2. The summed E-state index contributed by atoms with van der Waals surface area (Å²) in [6.07, 6.45) is 3.33. The van der Waals surface area contributed by atoms with Crippen molar-refractivity contribution in [2.75, 3.05) is 0 Å². The second-order valence-corrected chi connectivity index (χ2v) is 7.11. The predicted molar refractivity (Wildman–Crippen MR) is 80.9 cm³/mol. The number of rotatable bonds is 5. The van der Waals surface area contributed by atoms with E-state index in [1.54, 1.807) is 18.5 Å². The van der Waals surface area contributed by atoms with Crippen LogP contribution < -0.4 is 4.72 Å². The molecule has 9 heteroatoms. The van der Waals surface area contributed by atoms with E-state index < -0.39 is 16.0 Å². The number of benzene rings is 1. The van der Waals surface area contributed by atoms with E-state index in [9.17, 15) is 13.2 Å². The van der Waals surface area contributed by atoms with Gasteiger partial charge in [-0.3, -0.25) is 0 Å². The average Bonchev–Trinajstić information content (AvgIpc) is 2.92. The fraction of sp³-hybridized carbons (Fsp3) is 0.0833. The van der Waals surface area contributed by atoms with Gasteiger partial charge in [-0.1, -0.05) is 11.6 Å². The monoisotopic (exact) mass is 392 g/mol. The number of carboxylic acids is 1. The van der Waals surface area contributed by atoms with Crippen molar-refractivity contribution >= 4 is 43.5 Å². The van der Waals surface area contributed by atoms with E-state index in [-0.39, 0.29) is 26.5 Å². The molecule has 0 aliphatic carbocycles. The van der Waals surface area contributed by atoms with Crippen molar-refractivity contribution in [3.63, 3.8) is 0 Å². The van der Waals surface area contributed by atoms with Crippen LogP contribution in [0.2, 0.25) is 5.02 Å². The maximum absolute atomic E-state index is 12.2. The zero-order chi connectivity index (χ0) is 15.6. The van der Waals surface area contributed by atoms with Crippen LogP contribution in [-0.4, -0.2) is 24.5 Å². The van der Waals surface area contributed by atoms with Crippen LogP contribution in [0, 0.1) is 0 Å². The fourth-order valence-electron chi connectivity index (χ4n) is 1.61. The summed E-state index contributed by atoms with van der Waals surface area (Å²) in [7, 11) is -3.85. The van der Waals surface area contributed by atoms with Gasteiger partial charge >= 0.3 is 5.97 Å². The Hall–Kier alpha value is -1.35. The van der Waals surface area contributed by atoms with E-state index in [2.05, 4.69) is 25.6 Å². The highest BCUT2D eigenvalue weighted by Gasteiger charge is 2.20. The Bertz CT molecular complexity index is 775. The molecule has 1 aromatic heterocycles. The number of H-pyrrole nitrogens is 1. The maximum Gasteiger partial charge on any atom is 0.337 e. The van der Waals surface area contributed by atoms with Crippen molar-refractivity contribution in [3.05, 3.63) is 51.2 Å². The molecule has 21 heavy (non-hydrogen) atoms. The second-order valence-electron chi connectivity index (χ2n) is 4.12. The number of hydrogen-bond donors (Lipinski definition) is 3. The minimum atomic E-state index is -3.85. The average molecular weight is 394 g/mol. The Kier molecular flexibility index (Phi) is 4.72. The lowest BCUT2D eigenvalue weighted by Crippen LogP contribution is -2.23. The predicted octanol–water partition coefficient (Wildman–Crippen LogP) is 2.61. The number of sulfonamides is 1.